The third kappa shape index (κ3) is 2.79. The van der Waals surface area contributed by atoms with Crippen molar-refractivity contribution in [1.29, 1.82) is 0 Å². The first-order valence-electron chi connectivity index (χ1n) is 5.59. The van der Waals surface area contributed by atoms with Gasteiger partial charge in [-0.05, 0) is 19.1 Å². The summed E-state index contributed by atoms with van der Waals surface area (Å²) in [4.78, 5) is 22.3. The monoisotopic (exact) mass is 264 g/mol. The van der Waals surface area contributed by atoms with Crippen molar-refractivity contribution in [1.82, 2.24) is 20.1 Å². The number of aromatic nitrogens is 3. The number of aromatic carboxylic acids is 1. The van der Waals surface area contributed by atoms with Crippen LogP contribution in [-0.4, -0.2) is 31.7 Å². The van der Waals surface area contributed by atoms with Crippen molar-refractivity contribution in [3.8, 4) is 0 Å². The minimum absolute atomic E-state index is 0.0556. The van der Waals surface area contributed by atoms with E-state index in [1.54, 1.807) is 10.9 Å². The molecule has 2 aromatic heterocycles. The number of rotatable bonds is 5. The van der Waals surface area contributed by atoms with Crippen LogP contribution in [0, 0.1) is 0 Å². The topological polar surface area (TPSA) is 110 Å². The number of amides is 1. The average Bonchev–Trinajstić information content (AvgIpc) is 3.04. The van der Waals surface area contributed by atoms with Gasteiger partial charge < -0.3 is 19.4 Å². The molecule has 0 spiro atoms. The third-order valence-corrected chi connectivity index (χ3v) is 2.48. The molecule has 0 aliphatic heterocycles. The lowest BCUT2D eigenvalue weighted by Crippen LogP contribution is -2.24. The summed E-state index contributed by atoms with van der Waals surface area (Å²) in [6, 6.07) is 2.54. The molecule has 8 heteroatoms. The zero-order valence-corrected chi connectivity index (χ0v) is 10.2. The maximum Gasteiger partial charge on any atom is 0.371 e. The van der Waals surface area contributed by atoms with E-state index in [-0.39, 0.29) is 18.1 Å². The van der Waals surface area contributed by atoms with E-state index in [0.717, 1.165) is 0 Å². The van der Waals surface area contributed by atoms with Crippen molar-refractivity contribution < 1.29 is 19.1 Å². The highest BCUT2D eigenvalue weighted by Crippen LogP contribution is 2.07. The summed E-state index contributed by atoms with van der Waals surface area (Å²) in [5.74, 6) is -1.44. The summed E-state index contributed by atoms with van der Waals surface area (Å²) in [7, 11) is 0. The molecule has 2 N–H and O–H groups in total. The van der Waals surface area contributed by atoms with Gasteiger partial charge in [0.1, 0.15) is 6.33 Å². The maximum absolute atomic E-state index is 11.7. The van der Waals surface area contributed by atoms with E-state index in [2.05, 4.69) is 15.5 Å². The van der Waals surface area contributed by atoms with Crippen molar-refractivity contribution in [3.63, 3.8) is 0 Å². The van der Waals surface area contributed by atoms with Gasteiger partial charge in [-0.3, -0.25) is 4.79 Å². The summed E-state index contributed by atoms with van der Waals surface area (Å²) in [5.41, 5.74) is 0. The van der Waals surface area contributed by atoms with Crippen LogP contribution in [0.15, 0.2) is 22.9 Å². The van der Waals surface area contributed by atoms with Gasteiger partial charge in [-0.25, -0.2) is 4.79 Å². The number of carboxylic acids is 1. The first-order valence-corrected chi connectivity index (χ1v) is 5.59. The zero-order valence-electron chi connectivity index (χ0n) is 10.2. The van der Waals surface area contributed by atoms with E-state index in [0.29, 0.717) is 12.4 Å². The van der Waals surface area contributed by atoms with Gasteiger partial charge in [-0.15, -0.1) is 10.2 Å². The van der Waals surface area contributed by atoms with Gasteiger partial charge in [0.25, 0.3) is 5.91 Å². The number of nitrogens with zero attached hydrogens (tertiary/aromatic N) is 3. The number of carbonyl (C=O) groups is 2. The molecular weight excluding hydrogens is 252 g/mol. The molecule has 2 rings (SSSR count). The van der Waals surface area contributed by atoms with Crippen LogP contribution in [0.3, 0.4) is 0 Å². The molecule has 0 radical (unpaired) electrons. The van der Waals surface area contributed by atoms with Gasteiger partial charge >= 0.3 is 5.97 Å². The molecule has 0 unspecified atom stereocenters. The van der Waals surface area contributed by atoms with Crippen molar-refractivity contribution in [2.75, 3.05) is 0 Å². The number of carbonyl (C=O) groups excluding carboxylic acids is 1. The molecule has 100 valence electrons. The summed E-state index contributed by atoms with van der Waals surface area (Å²) in [5, 5.41) is 18.9. The Hall–Kier alpha value is -2.64. The number of hydrogen-bond donors (Lipinski definition) is 2. The second-order valence-electron chi connectivity index (χ2n) is 3.68. The highest BCUT2D eigenvalue weighted by Gasteiger charge is 2.15. The molecule has 0 saturated heterocycles. The Balaban J connectivity index is 1.99. The zero-order chi connectivity index (χ0) is 13.8. The standard InChI is InChI=1S/C11H12N4O4/c1-2-15-6-13-14-9(15)5-12-10(16)7-3-4-8(19-7)11(17)18/h3-4,6H,2,5H2,1H3,(H,12,16)(H,17,18). The fraction of sp³-hybridized carbons (Fsp3) is 0.273. The molecule has 0 saturated carbocycles. The number of hydrogen-bond acceptors (Lipinski definition) is 5. The van der Waals surface area contributed by atoms with E-state index < -0.39 is 11.9 Å². The van der Waals surface area contributed by atoms with Gasteiger partial charge in [0.2, 0.25) is 5.76 Å². The number of furan rings is 1. The molecule has 8 nitrogen and oxygen atoms in total. The first kappa shape index (κ1) is 12.8. The lowest BCUT2D eigenvalue weighted by molar-refractivity contribution is 0.0659. The molecule has 2 aromatic rings. The third-order valence-electron chi connectivity index (χ3n) is 2.48. The highest BCUT2D eigenvalue weighted by atomic mass is 16.4. The quantitative estimate of drug-likeness (QED) is 0.814. The van der Waals surface area contributed by atoms with Crippen molar-refractivity contribution in [2.45, 2.75) is 20.0 Å². The summed E-state index contributed by atoms with van der Waals surface area (Å²) in [6.07, 6.45) is 1.57. The molecule has 2 heterocycles. The molecule has 0 bridgehead atoms. The van der Waals surface area contributed by atoms with Gasteiger partial charge in [-0.2, -0.15) is 0 Å². The highest BCUT2D eigenvalue weighted by molar-refractivity contribution is 5.93. The largest absolute Gasteiger partial charge is 0.475 e. The van der Waals surface area contributed by atoms with Crippen molar-refractivity contribution in [3.05, 3.63) is 35.8 Å². The van der Waals surface area contributed by atoms with E-state index in [1.807, 2.05) is 6.92 Å². The summed E-state index contributed by atoms with van der Waals surface area (Å²) >= 11 is 0. The smallest absolute Gasteiger partial charge is 0.371 e. The van der Waals surface area contributed by atoms with Crippen LogP contribution in [0.1, 0.15) is 33.9 Å². The number of nitrogens with one attached hydrogen (secondary N) is 1. The molecule has 0 aliphatic rings. The van der Waals surface area contributed by atoms with Crippen LogP contribution in [0.5, 0.6) is 0 Å². The van der Waals surface area contributed by atoms with Crippen molar-refractivity contribution >= 4 is 11.9 Å². The maximum atomic E-state index is 11.7. The van der Waals surface area contributed by atoms with Gasteiger partial charge in [-0.1, -0.05) is 0 Å². The molecule has 19 heavy (non-hydrogen) atoms. The molecule has 0 atom stereocenters. The van der Waals surface area contributed by atoms with Crippen LogP contribution >= 0.6 is 0 Å². The first-order chi connectivity index (χ1) is 9.11. The lowest BCUT2D eigenvalue weighted by atomic mass is 10.4. The van der Waals surface area contributed by atoms with Crippen LogP contribution in [0.2, 0.25) is 0 Å². The van der Waals surface area contributed by atoms with E-state index in [4.69, 9.17) is 9.52 Å². The minimum Gasteiger partial charge on any atom is -0.475 e. The van der Waals surface area contributed by atoms with E-state index in [9.17, 15) is 9.59 Å². The second kappa shape index (κ2) is 5.34. The lowest BCUT2D eigenvalue weighted by Gasteiger charge is -2.04. The van der Waals surface area contributed by atoms with Crippen LogP contribution in [0.4, 0.5) is 0 Å². The Labute approximate surface area is 108 Å². The molecule has 1 amide bonds. The molecule has 0 aliphatic carbocycles. The van der Waals surface area contributed by atoms with Crippen LogP contribution in [-0.2, 0) is 13.1 Å². The van der Waals surface area contributed by atoms with Gasteiger partial charge in [0, 0.05) is 6.54 Å². The van der Waals surface area contributed by atoms with E-state index in [1.165, 1.54) is 12.1 Å². The second-order valence-corrected chi connectivity index (χ2v) is 3.68. The normalized spacial score (nSPS) is 10.4. The van der Waals surface area contributed by atoms with Gasteiger partial charge in [0.15, 0.2) is 11.6 Å². The number of aryl methyl sites for hydroxylation is 1. The van der Waals surface area contributed by atoms with Gasteiger partial charge in [0.05, 0.1) is 6.54 Å². The Kier molecular flexibility index (Phi) is 3.60. The number of carboxylic acid groups (broad SMARTS) is 1. The Bertz CT molecular complexity index is 601. The Morgan fingerprint density at radius 2 is 2.16 bits per heavy atom. The predicted molar refractivity (Wildman–Crippen MR) is 62.5 cm³/mol. The summed E-state index contributed by atoms with van der Waals surface area (Å²) in [6.45, 7) is 2.82. The van der Waals surface area contributed by atoms with Crippen LogP contribution in [0.25, 0.3) is 0 Å². The van der Waals surface area contributed by atoms with Crippen molar-refractivity contribution in [2.24, 2.45) is 0 Å². The Morgan fingerprint density at radius 1 is 1.42 bits per heavy atom. The van der Waals surface area contributed by atoms with E-state index >= 15 is 0 Å². The van der Waals surface area contributed by atoms with Crippen LogP contribution < -0.4 is 5.32 Å². The molecular formula is C11H12N4O4. The predicted octanol–water partition coefficient (Wildman–Crippen LogP) is 0.519. The SMILES string of the molecule is CCn1cnnc1CNC(=O)c1ccc(C(=O)O)o1. The Morgan fingerprint density at radius 3 is 2.79 bits per heavy atom. The minimum atomic E-state index is -1.22. The fourth-order valence-corrected chi connectivity index (χ4v) is 1.50. The fourth-order valence-electron chi connectivity index (χ4n) is 1.50. The molecule has 0 fully saturated rings. The molecule has 0 aromatic carbocycles. The summed E-state index contributed by atoms with van der Waals surface area (Å²) < 4.78 is 6.66. The average molecular weight is 264 g/mol.